The lowest BCUT2D eigenvalue weighted by Crippen LogP contribution is -2.12. The van der Waals surface area contributed by atoms with E-state index in [0.717, 1.165) is 29.6 Å². The Hall–Kier alpha value is -0.520. The summed E-state index contributed by atoms with van der Waals surface area (Å²) in [7, 11) is 0. The zero-order valence-electron chi connectivity index (χ0n) is 19.3. The normalized spacial score (nSPS) is 17.2. The molecule has 0 atom stereocenters. The number of allylic oxidation sites excluding steroid dienone is 4. The highest BCUT2D eigenvalue weighted by atomic mass is 14.2. The summed E-state index contributed by atoms with van der Waals surface area (Å²) in [5.41, 5.74) is 0. The molecule has 0 unspecified atom stereocenters. The van der Waals surface area contributed by atoms with Crippen LogP contribution in [0.15, 0.2) is 24.3 Å². The Kier molecular flexibility index (Phi) is 18.1. The van der Waals surface area contributed by atoms with Crippen LogP contribution < -0.4 is 0 Å². The van der Waals surface area contributed by atoms with Gasteiger partial charge in [0.05, 0.1) is 0 Å². The molecule has 0 amide bonds. The van der Waals surface area contributed by atoms with Crippen molar-refractivity contribution in [2.45, 2.75) is 101 Å². The molecule has 25 heavy (non-hydrogen) atoms. The fraction of sp³-hybridized carbons (Fsp3) is 0.840. The highest BCUT2D eigenvalue weighted by Crippen LogP contribution is 2.29. The maximum Gasteiger partial charge on any atom is -0.00242 e. The lowest BCUT2D eigenvalue weighted by Gasteiger charge is -2.24. The van der Waals surface area contributed by atoms with E-state index in [2.05, 4.69) is 93.5 Å². The third-order valence-electron chi connectivity index (χ3n) is 4.14. The summed E-state index contributed by atoms with van der Waals surface area (Å²) in [6.45, 7) is 22.2. The SMILES string of the molecule is CC(C)C.CC(C)C.CC(C)C1C=CC=C1.CC(C)C1CCCCC1. The van der Waals surface area contributed by atoms with Crippen molar-refractivity contribution in [3.63, 3.8) is 0 Å². The average Bonchev–Trinajstić information content (AvgIpc) is 3.02. The smallest absolute Gasteiger partial charge is 0.00242 e. The molecule has 0 saturated heterocycles. The van der Waals surface area contributed by atoms with Crippen molar-refractivity contribution in [2.24, 2.45) is 35.5 Å². The van der Waals surface area contributed by atoms with Gasteiger partial charge in [-0.25, -0.2) is 0 Å². The van der Waals surface area contributed by atoms with E-state index in [-0.39, 0.29) is 0 Å². The Morgan fingerprint density at radius 1 is 0.560 bits per heavy atom. The van der Waals surface area contributed by atoms with Crippen LogP contribution in [0.5, 0.6) is 0 Å². The van der Waals surface area contributed by atoms with Gasteiger partial charge in [0.2, 0.25) is 0 Å². The molecule has 0 heterocycles. The molecular formula is C25H50. The Bertz CT molecular complexity index is 287. The molecule has 2 aliphatic rings. The second-order valence-corrected chi connectivity index (χ2v) is 9.70. The molecule has 0 aliphatic heterocycles. The van der Waals surface area contributed by atoms with E-state index in [1.54, 1.807) is 0 Å². The third kappa shape index (κ3) is 21.4. The van der Waals surface area contributed by atoms with E-state index in [4.69, 9.17) is 0 Å². The van der Waals surface area contributed by atoms with Crippen LogP contribution in [0.25, 0.3) is 0 Å². The summed E-state index contributed by atoms with van der Waals surface area (Å²) in [5.74, 6) is 5.13. The Balaban J connectivity index is 0. The van der Waals surface area contributed by atoms with Crippen molar-refractivity contribution >= 4 is 0 Å². The van der Waals surface area contributed by atoms with Crippen molar-refractivity contribution in [3.05, 3.63) is 24.3 Å². The topological polar surface area (TPSA) is 0 Å². The highest BCUT2D eigenvalue weighted by molar-refractivity contribution is 5.17. The van der Waals surface area contributed by atoms with Gasteiger partial charge in [-0.1, -0.05) is 126 Å². The summed E-state index contributed by atoms with van der Waals surface area (Å²) in [4.78, 5) is 0. The second kappa shape index (κ2) is 16.9. The van der Waals surface area contributed by atoms with Gasteiger partial charge < -0.3 is 0 Å². The van der Waals surface area contributed by atoms with Crippen LogP contribution in [0.2, 0.25) is 0 Å². The third-order valence-corrected chi connectivity index (χ3v) is 4.14. The fourth-order valence-electron chi connectivity index (χ4n) is 2.69. The minimum absolute atomic E-state index is 0.704. The minimum atomic E-state index is 0.704. The molecule has 0 bridgehead atoms. The van der Waals surface area contributed by atoms with Crippen LogP contribution >= 0.6 is 0 Å². The maximum atomic E-state index is 2.36. The summed E-state index contributed by atoms with van der Waals surface area (Å²) in [6, 6.07) is 0. The molecule has 1 saturated carbocycles. The maximum absolute atomic E-state index is 2.36. The first-order chi connectivity index (χ1) is 11.6. The second-order valence-electron chi connectivity index (χ2n) is 9.70. The minimum Gasteiger partial charge on any atom is -0.0774 e. The van der Waals surface area contributed by atoms with Crippen LogP contribution in [0, 0.1) is 35.5 Å². The van der Waals surface area contributed by atoms with Gasteiger partial charge in [-0.15, -0.1) is 0 Å². The molecule has 0 radical (unpaired) electrons. The molecule has 0 spiro atoms. The summed E-state index contributed by atoms with van der Waals surface area (Å²) >= 11 is 0. The van der Waals surface area contributed by atoms with E-state index in [1.807, 2.05) is 0 Å². The van der Waals surface area contributed by atoms with E-state index < -0.39 is 0 Å². The van der Waals surface area contributed by atoms with Gasteiger partial charge in [0.15, 0.2) is 0 Å². The van der Waals surface area contributed by atoms with E-state index in [0.29, 0.717) is 5.92 Å². The molecule has 0 N–H and O–H groups in total. The molecule has 2 rings (SSSR count). The van der Waals surface area contributed by atoms with Gasteiger partial charge in [-0.2, -0.15) is 0 Å². The Morgan fingerprint density at radius 2 is 0.920 bits per heavy atom. The van der Waals surface area contributed by atoms with E-state index in [1.165, 1.54) is 32.1 Å². The van der Waals surface area contributed by atoms with Crippen LogP contribution in [0.4, 0.5) is 0 Å². The van der Waals surface area contributed by atoms with Crippen molar-refractivity contribution in [3.8, 4) is 0 Å². The number of rotatable bonds is 2. The average molecular weight is 351 g/mol. The fourth-order valence-corrected chi connectivity index (χ4v) is 2.69. The molecule has 0 aromatic rings. The van der Waals surface area contributed by atoms with Gasteiger partial charge in [-0.05, 0) is 35.5 Å². The summed E-state index contributed by atoms with van der Waals surface area (Å²) < 4.78 is 0. The summed E-state index contributed by atoms with van der Waals surface area (Å²) in [6.07, 6.45) is 16.2. The Labute approximate surface area is 161 Å². The van der Waals surface area contributed by atoms with Gasteiger partial charge in [0.1, 0.15) is 0 Å². The number of hydrogen-bond donors (Lipinski definition) is 0. The zero-order valence-corrected chi connectivity index (χ0v) is 19.3. The van der Waals surface area contributed by atoms with E-state index in [9.17, 15) is 0 Å². The summed E-state index contributed by atoms with van der Waals surface area (Å²) in [5, 5.41) is 0. The van der Waals surface area contributed by atoms with Crippen molar-refractivity contribution in [1.29, 1.82) is 0 Å². The van der Waals surface area contributed by atoms with Gasteiger partial charge in [0.25, 0.3) is 0 Å². The largest absolute Gasteiger partial charge is 0.0774 e. The van der Waals surface area contributed by atoms with Crippen molar-refractivity contribution in [2.75, 3.05) is 0 Å². The molecule has 0 aromatic carbocycles. The van der Waals surface area contributed by atoms with Gasteiger partial charge >= 0.3 is 0 Å². The quantitative estimate of drug-likeness (QED) is 0.466. The monoisotopic (exact) mass is 350 g/mol. The molecule has 2 aliphatic carbocycles. The highest BCUT2D eigenvalue weighted by Gasteiger charge is 2.15. The Morgan fingerprint density at radius 3 is 1.12 bits per heavy atom. The van der Waals surface area contributed by atoms with Crippen LogP contribution in [-0.2, 0) is 0 Å². The van der Waals surface area contributed by atoms with Crippen LogP contribution in [-0.4, -0.2) is 0 Å². The molecule has 1 fully saturated rings. The van der Waals surface area contributed by atoms with Gasteiger partial charge in [-0.3, -0.25) is 0 Å². The molecule has 0 heteroatoms. The molecule has 150 valence electrons. The van der Waals surface area contributed by atoms with Crippen LogP contribution in [0.1, 0.15) is 101 Å². The first-order valence-corrected chi connectivity index (χ1v) is 10.9. The molecule has 0 nitrogen and oxygen atoms in total. The lowest BCUT2D eigenvalue weighted by atomic mass is 9.82. The molecular weight excluding hydrogens is 300 g/mol. The van der Waals surface area contributed by atoms with Gasteiger partial charge in [0, 0.05) is 0 Å². The lowest BCUT2D eigenvalue weighted by molar-refractivity contribution is 0.279. The predicted molar refractivity (Wildman–Crippen MR) is 119 cm³/mol. The zero-order chi connectivity index (χ0) is 19.8. The van der Waals surface area contributed by atoms with Crippen molar-refractivity contribution < 1.29 is 0 Å². The first kappa shape index (κ1) is 26.7. The van der Waals surface area contributed by atoms with Crippen LogP contribution in [0.3, 0.4) is 0 Å². The first-order valence-electron chi connectivity index (χ1n) is 10.9. The van der Waals surface area contributed by atoms with Crippen molar-refractivity contribution in [1.82, 2.24) is 0 Å². The van der Waals surface area contributed by atoms with E-state index >= 15 is 0 Å². The molecule has 0 aromatic heterocycles. The number of hydrogen-bond acceptors (Lipinski definition) is 0. The predicted octanol–water partition coefficient (Wildman–Crippen LogP) is 8.93. The standard InChI is InChI=1S/C9H18.C8H12.2C4H10/c1-8(2)9-6-4-3-5-7-9;1-7(2)8-5-3-4-6-8;2*1-4(2)3/h8-9H,3-7H2,1-2H3;3-8H,1-2H3;2*4H,1-3H3.